The maximum absolute atomic E-state index is 11.8. The number of carbonyl (C=O) groups excluding carboxylic acids is 1. The molecule has 0 heterocycles. The highest BCUT2D eigenvalue weighted by atomic mass is 16.3. The van der Waals surface area contributed by atoms with Crippen LogP contribution < -0.4 is 11.1 Å². The number of amides is 1. The van der Waals surface area contributed by atoms with Crippen LogP contribution in [0.1, 0.15) is 31.4 Å². The molecular weight excluding hydrogens is 228 g/mol. The zero-order valence-electron chi connectivity index (χ0n) is 11.0. The summed E-state index contributed by atoms with van der Waals surface area (Å²) in [4.78, 5) is 11.8. The van der Waals surface area contributed by atoms with Crippen molar-refractivity contribution in [1.82, 2.24) is 5.32 Å². The Bertz CT molecular complexity index is 376. The van der Waals surface area contributed by atoms with Crippen molar-refractivity contribution >= 4 is 5.91 Å². The first-order valence-electron chi connectivity index (χ1n) is 6.30. The molecule has 1 amide bonds. The summed E-state index contributed by atoms with van der Waals surface area (Å²) in [6, 6.07) is 7.01. The fourth-order valence-corrected chi connectivity index (χ4v) is 1.58. The maximum Gasteiger partial charge on any atom is 0.237 e. The van der Waals surface area contributed by atoms with E-state index in [1.54, 1.807) is 0 Å². The maximum atomic E-state index is 11.8. The summed E-state index contributed by atoms with van der Waals surface area (Å²) in [5.74, 6) is 0.0670. The molecular formula is C14H22N2O2. The molecule has 100 valence electrons. The zero-order chi connectivity index (χ0) is 13.5. The van der Waals surface area contributed by atoms with E-state index in [0.29, 0.717) is 6.54 Å². The van der Waals surface area contributed by atoms with E-state index in [-0.39, 0.29) is 18.4 Å². The van der Waals surface area contributed by atoms with E-state index in [0.717, 1.165) is 17.5 Å². The highest BCUT2D eigenvalue weighted by Crippen LogP contribution is 2.07. The van der Waals surface area contributed by atoms with Crippen LogP contribution in [-0.4, -0.2) is 17.1 Å². The summed E-state index contributed by atoms with van der Waals surface area (Å²) in [5.41, 5.74) is 7.70. The monoisotopic (exact) mass is 250 g/mol. The second kappa shape index (κ2) is 7.13. The number of hydrogen-bond donors (Lipinski definition) is 3. The van der Waals surface area contributed by atoms with Gasteiger partial charge in [0.05, 0.1) is 12.6 Å². The number of hydrogen-bond acceptors (Lipinski definition) is 3. The second-order valence-corrected chi connectivity index (χ2v) is 4.60. The Hall–Kier alpha value is -1.39. The van der Waals surface area contributed by atoms with E-state index in [2.05, 4.69) is 5.32 Å². The molecule has 0 aliphatic heterocycles. The van der Waals surface area contributed by atoms with Crippen molar-refractivity contribution in [3.8, 4) is 0 Å². The minimum atomic E-state index is -0.452. The van der Waals surface area contributed by atoms with Crippen LogP contribution in [0.25, 0.3) is 0 Å². The predicted molar refractivity (Wildman–Crippen MR) is 71.6 cm³/mol. The topological polar surface area (TPSA) is 75.4 Å². The molecule has 2 atom stereocenters. The van der Waals surface area contributed by atoms with Crippen molar-refractivity contribution < 1.29 is 9.90 Å². The van der Waals surface area contributed by atoms with Crippen molar-refractivity contribution in [2.45, 2.75) is 39.5 Å². The molecule has 0 unspecified atom stereocenters. The molecule has 0 spiro atoms. The minimum absolute atomic E-state index is 0.0333. The summed E-state index contributed by atoms with van der Waals surface area (Å²) >= 11 is 0. The highest BCUT2D eigenvalue weighted by molar-refractivity contribution is 5.81. The number of rotatable bonds is 6. The Kier molecular flexibility index (Phi) is 5.82. The molecule has 0 aliphatic rings. The third-order valence-corrected chi connectivity index (χ3v) is 3.23. The second-order valence-electron chi connectivity index (χ2n) is 4.60. The Morgan fingerprint density at radius 1 is 1.33 bits per heavy atom. The van der Waals surface area contributed by atoms with Crippen LogP contribution in [0.15, 0.2) is 24.3 Å². The first-order chi connectivity index (χ1) is 8.58. The van der Waals surface area contributed by atoms with E-state index in [4.69, 9.17) is 10.8 Å². The molecule has 0 aromatic heterocycles. The molecule has 1 aromatic rings. The predicted octanol–water partition coefficient (Wildman–Crippen LogP) is 1.17. The number of aliphatic hydroxyl groups is 1. The summed E-state index contributed by atoms with van der Waals surface area (Å²) in [7, 11) is 0. The van der Waals surface area contributed by atoms with Crippen molar-refractivity contribution in [1.29, 1.82) is 0 Å². The molecule has 1 aromatic carbocycles. The summed E-state index contributed by atoms with van der Waals surface area (Å²) in [6.07, 6.45) is 0.889. The van der Waals surface area contributed by atoms with Gasteiger partial charge in [0.25, 0.3) is 0 Å². The van der Waals surface area contributed by atoms with Crippen molar-refractivity contribution in [3.05, 3.63) is 35.4 Å². The van der Waals surface area contributed by atoms with Gasteiger partial charge >= 0.3 is 0 Å². The molecule has 0 saturated heterocycles. The van der Waals surface area contributed by atoms with Gasteiger partial charge in [0.15, 0.2) is 0 Å². The average molecular weight is 250 g/mol. The molecule has 0 saturated carbocycles. The molecule has 4 nitrogen and oxygen atoms in total. The SMILES string of the molecule is CC[C@H](C)[C@H](N)C(=O)NCc1ccc(CO)cc1. The molecule has 0 fully saturated rings. The molecule has 0 bridgehead atoms. The molecule has 4 N–H and O–H groups in total. The highest BCUT2D eigenvalue weighted by Gasteiger charge is 2.18. The molecule has 0 aliphatic carbocycles. The van der Waals surface area contributed by atoms with E-state index >= 15 is 0 Å². The molecule has 1 rings (SSSR count). The molecule has 0 radical (unpaired) electrons. The first kappa shape index (κ1) is 14.7. The minimum Gasteiger partial charge on any atom is -0.392 e. The van der Waals surface area contributed by atoms with Gasteiger partial charge in [-0.3, -0.25) is 4.79 Å². The van der Waals surface area contributed by atoms with Gasteiger partial charge in [0.1, 0.15) is 0 Å². The van der Waals surface area contributed by atoms with Gasteiger partial charge in [0.2, 0.25) is 5.91 Å². The normalized spacial score (nSPS) is 14.0. The first-order valence-corrected chi connectivity index (χ1v) is 6.30. The van der Waals surface area contributed by atoms with E-state index in [1.165, 1.54) is 0 Å². The van der Waals surface area contributed by atoms with E-state index in [9.17, 15) is 4.79 Å². The van der Waals surface area contributed by atoms with Gasteiger partial charge in [-0.15, -0.1) is 0 Å². The van der Waals surface area contributed by atoms with Gasteiger partial charge in [-0.05, 0) is 17.0 Å². The fraction of sp³-hybridized carbons (Fsp3) is 0.500. The van der Waals surface area contributed by atoms with Crippen LogP contribution in [0.3, 0.4) is 0 Å². The average Bonchev–Trinajstić information content (AvgIpc) is 2.43. The van der Waals surface area contributed by atoms with Crippen LogP contribution in [0.2, 0.25) is 0 Å². The summed E-state index contributed by atoms with van der Waals surface area (Å²) < 4.78 is 0. The van der Waals surface area contributed by atoms with Crippen molar-refractivity contribution in [2.75, 3.05) is 0 Å². The van der Waals surface area contributed by atoms with Gasteiger partial charge in [-0.2, -0.15) is 0 Å². The molecule has 4 heteroatoms. The number of nitrogens with two attached hydrogens (primary N) is 1. The third-order valence-electron chi connectivity index (χ3n) is 3.23. The number of nitrogens with one attached hydrogen (secondary N) is 1. The van der Waals surface area contributed by atoms with Gasteiger partial charge in [-0.1, -0.05) is 44.5 Å². The zero-order valence-corrected chi connectivity index (χ0v) is 11.0. The van der Waals surface area contributed by atoms with Crippen molar-refractivity contribution in [3.63, 3.8) is 0 Å². The van der Waals surface area contributed by atoms with Crippen LogP contribution in [0, 0.1) is 5.92 Å². The standard InChI is InChI=1S/C14H22N2O2/c1-3-10(2)13(15)14(18)16-8-11-4-6-12(9-17)7-5-11/h4-7,10,13,17H,3,8-9,15H2,1-2H3,(H,16,18)/t10-,13-/m0/s1. The fourth-order valence-electron chi connectivity index (χ4n) is 1.58. The number of benzene rings is 1. The third kappa shape index (κ3) is 4.13. The quantitative estimate of drug-likeness (QED) is 0.709. The number of aliphatic hydroxyl groups excluding tert-OH is 1. The molecule has 18 heavy (non-hydrogen) atoms. The van der Waals surface area contributed by atoms with Crippen molar-refractivity contribution in [2.24, 2.45) is 11.7 Å². The largest absolute Gasteiger partial charge is 0.392 e. The van der Waals surface area contributed by atoms with Crippen LogP contribution in [-0.2, 0) is 17.9 Å². The smallest absolute Gasteiger partial charge is 0.237 e. The number of carbonyl (C=O) groups is 1. The van der Waals surface area contributed by atoms with E-state index < -0.39 is 6.04 Å². The Balaban J connectivity index is 2.46. The lowest BCUT2D eigenvalue weighted by Crippen LogP contribution is -2.44. The summed E-state index contributed by atoms with van der Waals surface area (Å²) in [6.45, 7) is 4.49. The van der Waals surface area contributed by atoms with Crippen LogP contribution >= 0.6 is 0 Å². The lowest BCUT2D eigenvalue weighted by molar-refractivity contribution is -0.123. The van der Waals surface area contributed by atoms with Gasteiger partial charge < -0.3 is 16.2 Å². The van der Waals surface area contributed by atoms with E-state index in [1.807, 2.05) is 38.1 Å². The Morgan fingerprint density at radius 2 is 1.89 bits per heavy atom. The Labute approximate surface area is 108 Å². The summed E-state index contributed by atoms with van der Waals surface area (Å²) in [5, 5.41) is 11.7. The lowest BCUT2D eigenvalue weighted by atomic mass is 9.99. The lowest BCUT2D eigenvalue weighted by Gasteiger charge is -2.17. The van der Waals surface area contributed by atoms with Gasteiger partial charge in [0, 0.05) is 6.54 Å². The van der Waals surface area contributed by atoms with Gasteiger partial charge in [-0.25, -0.2) is 0 Å². The Morgan fingerprint density at radius 3 is 2.39 bits per heavy atom. The van der Waals surface area contributed by atoms with Crippen LogP contribution in [0.5, 0.6) is 0 Å². The van der Waals surface area contributed by atoms with Crippen LogP contribution in [0.4, 0.5) is 0 Å².